The summed E-state index contributed by atoms with van der Waals surface area (Å²) in [6.45, 7) is 0.499. The van der Waals surface area contributed by atoms with Crippen LogP contribution in [0.4, 0.5) is 4.39 Å². The van der Waals surface area contributed by atoms with Gasteiger partial charge in [-0.05, 0) is 59.0 Å². The second-order valence-corrected chi connectivity index (χ2v) is 6.81. The van der Waals surface area contributed by atoms with Gasteiger partial charge in [-0.2, -0.15) is 0 Å². The number of rotatable bonds is 3. The highest BCUT2D eigenvalue weighted by Crippen LogP contribution is 2.30. The van der Waals surface area contributed by atoms with Gasteiger partial charge >= 0.3 is 0 Å². The fourth-order valence-electron chi connectivity index (χ4n) is 2.42. The first-order valence-corrected chi connectivity index (χ1v) is 8.09. The molecule has 2 aromatic rings. The van der Waals surface area contributed by atoms with Gasteiger partial charge in [0.2, 0.25) is 0 Å². The number of hydrogen-bond donors (Lipinski definition) is 1. The highest BCUT2D eigenvalue weighted by Gasteiger charge is 2.16. The van der Waals surface area contributed by atoms with E-state index in [2.05, 4.69) is 27.3 Å². The van der Waals surface area contributed by atoms with Crippen LogP contribution in [0.25, 0.3) is 0 Å². The lowest BCUT2D eigenvalue weighted by molar-refractivity contribution is 0.0950. The van der Waals surface area contributed by atoms with Gasteiger partial charge in [0.05, 0.1) is 16.6 Å². The lowest BCUT2D eigenvalue weighted by Crippen LogP contribution is -2.23. The zero-order chi connectivity index (χ0) is 14.1. The van der Waals surface area contributed by atoms with Crippen molar-refractivity contribution in [2.75, 3.05) is 0 Å². The van der Waals surface area contributed by atoms with Gasteiger partial charge in [-0.3, -0.25) is 4.79 Å². The van der Waals surface area contributed by atoms with Crippen molar-refractivity contribution in [3.8, 4) is 0 Å². The predicted molar refractivity (Wildman–Crippen MR) is 81.6 cm³/mol. The molecule has 5 heteroatoms. The normalized spacial score (nSPS) is 13.3. The molecule has 0 fully saturated rings. The number of benzene rings is 1. The minimum Gasteiger partial charge on any atom is -0.347 e. The minimum absolute atomic E-state index is 0.214. The molecule has 1 heterocycles. The van der Waals surface area contributed by atoms with Gasteiger partial charge in [-0.1, -0.05) is 6.07 Å². The third-order valence-corrected chi connectivity index (χ3v) is 5.46. The molecule has 0 bridgehead atoms. The van der Waals surface area contributed by atoms with Gasteiger partial charge in [-0.25, -0.2) is 4.39 Å². The van der Waals surface area contributed by atoms with E-state index in [0.29, 0.717) is 12.1 Å². The van der Waals surface area contributed by atoms with Gasteiger partial charge in [-0.15, -0.1) is 11.3 Å². The number of thiophene rings is 1. The number of hydrogen-bond acceptors (Lipinski definition) is 2. The van der Waals surface area contributed by atoms with Crippen LogP contribution in [-0.4, -0.2) is 5.91 Å². The molecule has 1 aliphatic carbocycles. The summed E-state index contributed by atoms with van der Waals surface area (Å²) >= 11 is 4.88. The number of halogens is 2. The first-order chi connectivity index (χ1) is 9.65. The van der Waals surface area contributed by atoms with E-state index in [1.54, 1.807) is 17.4 Å². The third-order valence-electron chi connectivity index (χ3n) is 3.42. The van der Waals surface area contributed by atoms with Crippen LogP contribution in [0.3, 0.4) is 0 Å². The van der Waals surface area contributed by atoms with Crippen molar-refractivity contribution in [3.05, 3.63) is 55.4 Å². The van der Waals surface area contributed by atoms with E-state index in [1.807, 2.05) is 0 Å². The summed E-state index contributed by atoms with van der Waals surface area (Å²) in [6.07, 6.45) is 3.54. The molecule has 0 aliphatic heterocycles. The van der Waals surface area contributed by atoms with Crippen LogP contribution in [0.15, 0.2) is 28.7 Å². The molecule has 1 aromatic carbocycles. The molecule has 0 spiro atoms. The Kier molecular flexibility index (Phi) is 3.89. The van der Waals surface area contributed by atoms with E-state index < -0.39 is 5.82 Å². The number of carbonyl (C=O) groups is 1. The van der Waals surface area contributed by atoms with Crippen LogP contribution in [0.5, 0.6) is 0 Å². The van der Waals surface area contributed by atoms with Crippen molar-refractivity contribution in [1.29, 1.82) is 0 Å². The van der Waals surface area contributed by atoms with Crippen molar-refractivity contribution in [2.45, 2.75) is 25.8 Å². The van der Waals surface area contributed by atoms with Crippen molar-refractivity contribution in [3.63, 3.8) is 0 Å². The highest BCUT2D eigenvalue weighted by molar-refractivity contribution is 9.10. The number of amides is 1. The van der Waals surface area contributed by atoms with E-state index in [4.69, 9.17) is 0 Å². The van der Waals surface area contributed by atoms with Crippen LogP contribution in [-0.2, 0) is 19.4 Å². The van der Waals surface area contributed by atoms with E-state index in [1.165, 1.54) is 29.0 Å². The highest BCUT2D eigenvalue weighted by atomic mass is 79.9. The maximum absolute atomic E-state index is 13.4. The van der Waals surface area contributed by atoms with E-state index in [9.17, 15) is 9.18 Å². The molecule has 1 N–H and O–H groups in total. The van der Waals surface area contributed by atoms with Crippen molar-refractivity contribution < 1.29 is 9.18 Å². The lowest BCUT2D eigenvalue weighted by Gasteiger charge is -2.06. The SMILES string of the molecule is O=C(NCc1cc2c(s1)CCC2)c1cccc(F)c1Br. The summed E-state index contributed by atoms with van der Waals surface area (Å²) in [7, 11) is 0. The summed E-state index contributed by atoms with van der Waals surface area (Å²) < 4.78 is 13.6. The molecule has 104 valence electrons. The van der Waals surface area contributed by atoms with Gasteiger partial charge in [0.15, 0.2) is 0 Å². The van der Waals surface area contributed by atoms with Crippen LogP contribution in [0.2, 0.25) is 0 Å². The Bertz CT molecular complexity index is 646. The fourth-order valence-corrected chi connectivity index (χ4v) is 4.06. The maximum Gasteiger partial charge on any atom is 0.252 e. The molecule has 0 atom stereocenters. The molecule has 0 saturated heterocycles. The Balaban J connectivity index is 1.68. The Hall–Kier alpha value is -1.20. The zero-order valence-electron chi connectivity index (χ0n) is 10.7. The lowest BCUT2D eigenvalue weighted by atomic mass is 10.2. The van der Waals surface area contributed by atoms with Gasteiger partial charge in [0, 0.05) is 9.75 Å². The standard InChI is InChI=1S/C15H13BrFNOS/c16-14-11(4-2-5-12(14)17)15(19)18-8-10-7-9-3-1-6-13(9)20-10/h2,4-5,7H,1,3,6,8H2,(H,18,19). The third kappa shape index (κ3) is 2.65. The first-order valence-electron chi connectivity index (χ1n) is 6.48. The summed E-state index contributed by atoms with van der Waals surface area (Å²) in [5.41, 5.74) is 1.75. The molecular formula is C15H13BrFNOS. The van der Waals surface area contributed by atoms with Gasteiger partial charge < -0.3 is 5.32 Å². The topological polar surface area (TPSA) is 29.1 Å². The predicted octanol–water partition coefficient (Wildman–Crippen LogP) is 4.07. The Morgan fingerprint density at radius 1 is 1.40 bits per heavy atom. The smallest absolute Gasteiger partial charge is 0.252 e. The first kappa shape index (κ1) is 13.8. The molecule has 3 rings (SSSR count). The summed E-state index contributed by atoms with van der Waals surface area (Å²) in [5, 5.41) is 2.85. The molecule has 0 unspecified atom stereocenters. The van der Waals surface area contributed by atoms with Crippen LogP contribution in [0.1, 0.15) is 32.1 Å². The summed E-state index contributed by atoms with van der Waals surface area (Å²) in [4.78, 5) is 14.7. The molecule has 0 radical (unpaired) electrons. The number of aryl methyl sites for hydroxylation is 2. The minimum atomic E-state index is -0.423. The molecule has 0 saturated carbocycles. The van der Waals surface area contributed by atoms with E-state index >= 15 is 0 Å². The van der Waals surface area contributed by atoms with E-state index in [-0.39, 0.29) is 10.4 Å². The van der Waals surface area contributed by atoms with Crippen molar-refractivity contribution in [2.24, 2.45) is 0 Å². The number of fused-ring (bicyclic) bond motifs is 1. The largest absolute Gasteiger partial charge is 0.347 e. The Morgan fingerprint density at radius 2 is 2.25 bits per heavy atom. The van der Waals surface area contributed by atoms with Gasteiger partial charge in [0.1, 0.15) is 5.82 Å². The monoisotopic (exact) mass is 353 g/mol. The fraction of sp³-hybridized carbons (Fsp3) is 0.267. The van der Waals surface area contributed by atoms with Crippen LogP contribution >= 0.6 is 27.3 Å². The molecule has 1 amide bonds. The molecule has 1 aliphatic rings. The Morgan fingerprint density at radius 3 is 3.05 bits per heavy atom. The van der Waals surface area contributed by atoms with Crippen molar-refractivity contribution in [1.82, 2.24) is 5.32 Å². The molecule has 1 aromatic heterocycles. The van der Waals surface area contributed by atoms with Crippen LogP contribution < -0.4 is 5.32 Å². The molecular weight excluding hydrogens is 341 g/mol. The summed E-state index contributed by atoms with van der Waals surface area (Å²) in [5.74, 6) is -0.683. The van der Waals surface area contributed by atoms with Crippen LogP contribution in [0, 0.1) is 5.82 Å². The van der Waals surface area contributed by atoms with Gasteiger partial charge in [0.25, 0.3) is 5.91 Å². The average molecular weight is 354 g/mol. The van der Waals surface area contributed by atoms with E-state index in [0.717, 1.165) is 17.7 Å². The second kappa shape index (κ2) is 5.66. The average Bonchev–Trinajstić information content (AvgIpc) is 3.00. The van der Waals surface area contributed by atoms with Crippen molar-refractivity contribution >= 4 is 33.2 Å². The summed E-state index contributed by atoms with van der Waals surface area (Å²) in [6, 6.07) is 6.64. The Labute approximate surface area is 129 Å². The quantitative estimate of drug-likeness (QED) is 0.885. The second-order valence-electron chi connectivity index (χ2n) is 4.80. The molecule has 2 nitrogen and oxygen atoms in total. The zero-order valence-corrected chi connectivity index (χ0v) is 13.1. The number of nitrogens with one attached hydrogen (secondary N) is 1. The number of carbonyl (C=O) groups excluding carboxylic acids is 1. The maximum atomic E-state index is 13.4. The molecule has 20 heavy (non-hydrogen) atoms.